The number of hydrogen-bond donors (Lipinski definition) is 1. The van der Waals surface area contributed by atoms with E-state index in [1.54, 1.807) is 0 Å². The van der Waals surface area contributed by atoms with Crippen molar-refractivity contribution in [2.24, 2.45) is 0 Å². The second-order valence-corrected chi connectivity index (χ2v) is 4.79. The standard InChI is InChI=1S/C16H17F2NO/c1-11(2)20-14-5-3-4-12(8-14)10-19-16-9-13(17)6-7-15(16)18/h3-9,11,19H,10H2,1-2H3. The summed E-state index contributed by atoms with van der Waals surface area (Å²) in [6, 6.07) is 10.9. The highest BCUT2D eigenvalue weighted by Crippen LogP contribution is 2.19. The summed E-state index contributed by atoms with van der Waals surface area (Å²) in [6.45, 7) is 4.30. The van der Waals surface area contributed by atoms with Crippen LogP contribution in [0, 0.1) is 11.6 Å². The molecule has 20 heavy (non-hydrogen) atoms. The average molecular weight is 277 g/mol. The Morgan fingerprint density at radius 2 is 1.90 bits per heavy atom. The first-order valence-corrected chi connectivity index (χ1v) is 6.49. The van der Waals surface area contributed by atoms with Crippen LogP contribution in [0.25, 0.3) is 0 Å². The van der Waals surface area contributed by atoms with Crippen LogP contribution in [0.3, 0.4) is 0 Å². The Morgan fingerprint density at radius 1 is 1.10 bits per heavy atom. The van der Waals surface area contributed by atoms with Crippen molar-refractivity contribution >= 4 is 5.69 Å². The van der Waals surface area contributed by atoms with Gasteiger partial charge in [0, 0.05) is 6.54 Å². The highest BCUT2D eigenvalue weighted by molar-refractivity contribution is 5.45. The third-order valence-corrected chi connectivity index (χ3v) is 2.68. The molecule has 106 valence electrons. The minimum absolute atomic E-state index is 0.0962. The van der Waals surface area contributed by atoms with Gasteiger partial charge in [0.25, 0.3) is 0 Å². The smallest absolute Gasteiger partial charge is 0.146 e. The first-order valence-electron chi connectivity index (χ1n) is 6.49. The Hall–Kier alpha value is -2.10. The maximum Gasteiger partial charge on any atom is 0.146 e. The van der Waals surface area contributed by atoms with Crippen LogP contribution in [0.15, 0.2) is 42.5 Å². The van der Waals surface area contributed by atoms with Crippen LogP contribution >= 0.6 is 0 Å². The highest BCUT2D eigenvalue weighted by atomic mass is 19.1. The number of hydrogen-bond acceptors (Lipinski definition) is 2. The highest BCUT2D eigenvalue weighted by Gasteiger charge is 2.04. The van der Waals surface area contributed by atoms with Gasteiger partial charge in [0.05, 0.1) is 11.8 Å². The molecule has 0 amide bonds. The van der Waals surface area contributed by atoms with Gasteiger partial charge < -0.3 is 10.1 Å². The van der Waals surface area contributed by atoms with Crippen molar-refractivity contribution in [2.45, 2.75) is 26.5 Å². The zero-order chi connectivity index (χ0) is 14.5. The predicted octanol–water partition coefficient (Wildman–Crippen LogP) is 4.36. The van der Waals surface area contributed by atoms with Gasteiger partial charge in [-0.2, -0.15) is 0 Å². The summed E-state index contributed by atoms with van der Waals surface area (Å²) < 4.78 is 32.1. The van der Waals surface area contributed by atoms with Crippen LogP contribution in [0.4, 0.5) is 14.5 Å². The predicted molar refractivity (Wildman–Crippen MR) is 75.9 cm³/mol. The quantitative estimate of drug-likeness (QED) is 0.876. The van der Waals surface area contributed by atoms with Crippen LogP contribution in [0.1, 0.15) is 19.4 Å². The minimum atomic E-state index is -0.471. The molecular weight excluding hydrogens is 260 g/mol. The maximum atomic E-state index is 13.5. The molecule has 2 nitrogen and oxygen atoms in total. The number of benzene rings is 2. The molecular formula is C16H17F2NO. The van der Waals surface area contributed by atoms with Gasteiger partial charge in [0.1, 0.15) is 17.4 Å². The van der Waals surface area contributed by atoms with Crippen LogP contribution in [-0.4, -0.2) is 6.10 Å². The molecule has 0 fully saturated rings. The van der Waals surface area contributed by atoms with Crippen molar-refractivity contribution in [3.63, 3.8) is 0 Å². The summed E-state index contributed by atoms with van der Waals surface area (Å²) in [7, 11) is 0. The topological polar surface area (TPSA) is 21.3 Å². The van der Waals surface area contributed by atoms with Gasteiger partial charge in [0.15, 0.2) is 0 Å². The lowest BCUT2D eigenvalue weighted by atomic mass is 10.2. The zero-order valence-electron chi connectivity index (χ0n) is 11.5. The molecule has 0 aromatic heterocycles. The fourth-order valence-corrected chi connectivity index (χ4v) is 1.83. The van der Waals surface area contributed by atoms with Gasteiger partial charge in [-0.3, -0.25) is 0 Å². The molecule has 0 unspecified atom stereocenters. The number of rotatable bonds is 5. The molecule has 0 aliphatic rings. The van der Waals surface area contributed by atoms with E-state index in [0.717, 1.165) is 29.5 Å². The maximum absolute atomic E-state index is 13.5. The van der Waals surface area contributed by atoms with E-state index in [2.05, 4.69) is 5.32 Å². The lowest BCUT2D eigenvalue weighted by Gasteiger charge is -2.12. The molecule has 0 saturated carbocycles. The Kier molecular flexibility index (Phi) is 4.56. The fraction of sp³-hybridized carbons (Fsp3) is 0.250. The van der Waals surface area contributed by atoms with E-state index in [4.69, 9.17) is 4.74 Å². The molecule has 1 N–H and O–H groups in total. The molecule has 0 saturated heterocycles. The average Bonchev–Trinajstić information content (AvgIpc) is 2.39. The first-order chi connectivity index (χ1) is 9.54. The first kappa shape index (κ1) is 14.3. The number of ether oxygens (including phenoxy) is 1. The van der Waals surface area contributed by atoms with Gasteiger partial charge in [0.2, 0.25) is 0 Å². The molecule has 0 aliphatic carbocycles. The summed E-state index contributed by atoms with van der Waals surface area (Å²) >= 11 is 0. The molecule has 0 aliphatic heterocycles. The van der Waals surface area contributed by atoms with Crippen LogP contribution in [0.2, 0.25) is 0 Å². The summed E-state index contributed by atoms with van der Waals surface area (Å²) in [5, 5.41) is 2.88. The van der Waals surface area contributed by atoms with E-state index in [1.165, 1.54) is 0 Å². The molecule has 0 heterocycles. The lowest BCUT2D eigenvalue weighted by molar-refractivity contribution is 0.242. The molecule has 0 bridgehead atoms. The molecule has 0 atom stereocenters. The molecule has 0 spiro atoms. The van der Waals surface area contributed by atoms with E-state index in [1.807, 2.05) is 38.1 Å². The fourth-order valence-electron chi connectivity index (χ4n) is 1.83. The van der Waals surface area contributed by atoms with Crippen LogP contribution < -0.4 is 10.1 Å². The van der Waals surface area contributed by atoms with E-state index >= 15 is 0 Å². The van der Waals surface area contributed by atoms with Crippen molar-refractivity contribution in [1.29, 1.82) is 0 Å². The Balaban J connectivity index is 2.05. The summed E-state index contributed by atoms with van der Waals surface area (Å²) in [5.74, 6) is -0.175. The summed E-state index contributed by atoms with van der Waals surface area (Å²) in [6.07, 6.45) is 0.0962. The Bertz CT molecular complexity index is 584. The third kappa shape index (κ3) is 3.95. The second kappa shape index (κ2) is 6.37. The molecule has 4 heteroatoms. The number of halogens is 2. The van der Waals surface area contributed by atoms with E-state index in [0.29, 0.717) is 6.54 Å². The van der Waals surface area contributed by atoms with Crippen molar-refractivity contribution in [3.8, 4) is 5.75 Å². The minimum Gasteiger partial charge on any atom is -0.491 e. The summed E-state index contributed by atoms with van der Waals surface area (Å²) in [4.78, 5) is 0. The van der Waals surface area contributed by atoms with E-state index in [-0.39, 0.29) is 11.8 Å². The largest absolute Gasteiger partial charge is 0.491 e. The van der Waals surface area contributed by atoms with Gasteiger partial charge in [-0.15, -0.1) is 0 Å². The summed E-state index contributed by atoms with van der Waals surface area (Å²) in [5.41, 5.74) is 1.09. The van der Waals surface area contributed by atoms with Gasteiger partial charge >= 0.3 is 0 Å². The normalized spacial score (nSPS) is 10.7. The molecule has 2 rings (SSSR count). The van der Waals surface area contributed by atoms with Crippen molar-refractivity contribution in [2.75, 3.05) is 5.32 Å². The van der Waals surface area contributed by atoms with Gasteiger partial charge in [-0.25, -0.2) is 8.78 Å². The SMILES string of the molecule is CC(C)Oc1cccc(CNc2cc(F)ccc2F)c1. The molecule has 2 aromatic carbocycles. The molecule has 0 radical (unpaired) electrons. The van der Waals surface area contributed by atoms with Gasteiger partial charge in [-0.1, -0.05) is 12.1 Å². The van der Waals surface area contributed by atoms with E-state index < -0.39 is 11.6 Å². The number of nitrogens with one attached hydrogen (secondary N) is 1. The van der Waals surface area contributed by atoms with Gasteiger partial charge in [-0.05, 0) is 49.7 Å². The van der Waals surface area contributed by atoms with Crippen molar-refractivity contribution in [3.05, 3.63) is 59.7 Å². The lowest BCUT2D eigenvalue weighted by Crippen LogP contribution is -2.06. The monoisotopic (exact) mass is 277 g/mol. The van der Waals surface area contributed by atoms with Crippen LogP contribution in [0.5, 0.6) is 5.75 Å². The van der Waals surface area contributed by atoms with Crippen molar-refractivity contribution in [1.82, 2.24) is 0 Å². The Morgan fingerprint density at radius 3 is 2.65 bits per heavy atom. The Labute approximate surface area is 117 Å². The second-order valence-electron chi connectivity index (χ2n) is 4.79. The van der Waals surface area contributed by atoms with Crippen molar-refractivity contribution < 1.29 is 13.5 Å². The van der Waals surface area contributed by atoms with E-state index in [9.17, 15) is 8.78 Å². The third-order valence-electron chi connectivity index (χ3n) is 2.68. The molecule has 2 aromatic rings. The zero-order valence-corrected chi connectivity index (χ0v) is 11.5. The number of anilines is 1. The van der Waals surface area contributed by atoms with Crippen LogP contribution in [-0.2, 0) is 6.54 Å².